The highest BCUT2D eigenvalue weighted by molar-refractivity contribution is 5.63. The average Bonchev–Trinajstić information content (AvgIpc) is 3.07. The van der Waals surface area contributed by atoms with E-state index in [4.69, 9.17) is 14.0 Å². The first-order valence-corrected chi connectivity index (χ1v) is 8.02. The first-order chi connectivity index (χ1) is 11.7. The summed E-state index contributed by atoms with van der Waals surface area (Å²) in [5.74, 6) is 2.41. The molecule has 0 unspecified atom stereocenters. The quantitative estimate of drug-likeness (QED) is 0.667. The lowest BCUT2D eigenvalue weighted by Gasteiger charge is -2.11. The van der Waals surface area contributed by atoms with Crippen molar-refractivity contribution in [1.82, 2.24) is 10.1 Å². The Bertz CT molecular complexity index is 827. The third-order valence-corrected chi connectivity index (χ3v) is 3.49. The topological polar surface area (TPSA) is 57.4 Å². The van der Waals surface area contributed by atoms with Crippen LogP contribution in [0.1, 0.15) is 19.4 Å². The highest BCUT2D eigenvalue weighted by atomic mass is 16.5. The van der Waals surface area contributed by atoms with Crippen LogP contribution in [0.25, 0.3) is 22.8 Å². The Balaban J connectivity index is 1.93. The van der Waals surface area contributed by atoms with E-state index in [1.807, 2.05) is 63.2 Å². The summed E-state index contributed by atoms with van der Waals surface area (Å²) in [7, 11) is 0. The van der Waals surface area contributed by atoms with Gasteiger partial charge in [0, 0.05) is 11.1 Å². The van der Waals surface area contributed by atoms with Crippen molar-refractivity contribution in [2.75, 3.05) is 13.2 Å². The van der Waals surface area contributed by atoms with Crippen LogP contribution < -0.4 is 9.47 Å². The maximum Gasteiger partial charge on any atom is 0.258 e. The molecule has 5 nitrogen and oxygen atoms in total. The van der Waals surface area contributed by atoms with E-state index in [-0.39, 0.29) is 0 Å². The summed E-state index contributed by atoms with van der Waals surface area (Å²) in [4.78, 5) is 4.49. The van der Waals surface area contributed by atoms with E-state index in [0.29, 0.717) is 36.4 Å². The first-order valence-electron chi connectivity index (χ1n) is 8.02. The standard InChI is InChI=1S/C19H20N2O3/c1-4-22-16-10-9-15(12-17(16)23-5-2)19-20-18(21-24-19)14-8-6-7-13(3)11-14/h6-12H,4-5H2,1-3H3. The summed E-state index contributed by atoms with van der Waals surface area (Å²) in [5.41, 5.74) is 2.88. The molecular formula is C19H20N2O3. The molecule has 0 aliphatic rings. The molecule has 2 aromatic carbocycles. The number of benzene rings is 2. The Morgan fingerprint density at radius 1 is 0.917 bits per heavy atom. The van der Waals surface area contributed by atoms with Crippen LogP contribution in [-0.2, 0) is 0 Å². The number of ether oxygens (including phenoxy) is 2. The number of aromatic nitrogens is 2. The third kappa shape index (κ3) is 3.40. The van der Waals surface area contributed by atoms with Crippen molar-refractivity contribution in [3.8, 4) is 34.3 Å². The molecule has 5 heteroatoms. The highest BCUT2D eigenvalue weighted by Crippen LogP contribution is 2.33. The molecular weight excluding hydrogens is 304 g/mol. The van der Waals surface area contributed by atoms with Crippen molar-refractivity contribution in [1.29, 1.82) is 0 Å². The summed E-state index contributed by atoms with van der Waals surface area (Å²) in [6.45, 7) is 7.05. The van der Waals surface area contributed by atoms with Crippen LogP contribution in [0, 0.1) is 6.92 Å². The highest BCUT2D eigenvalue weighted by Gasteiger charge is 2.14. The van der Waals surface area contributed by atoms with Crippen molar-refractivity contribution in [2.45, 2.75) is 20.8 Å². The average molecular weight is 324 g/mol. The van der Waals surface area contributed by atoms with Crippen LogP contribution in [0.15, 0.2) is 47.0 Å². The van der Waals surface area contributed by atoms with E-state index in [1.54, 1.807) is 0 Å². The molecule has 3 aromatic rings. The maximum atomic E-state index is 5.64. The van der Waals surface area contributed by atoms with Gasteiger partial charge in [-0.25, -0.2) is 0 Å². The van der Waals surface area contributed by atoms with Gasteiger partial charge in [0.1, 0.15) is 0 Å². The molecule has 1 aromatic heterocycles. The Morgan fingerprint density at radius 3 is 2.46 bits per heavy atom. The molecule has 0 amide bonds. The predicted molar refractivity (Wildman–Crippen MR) is 92.2 cm³/mol. The van der Waals surface area contributed by atoms with E-state index in [2.05, 4.69) is 10.1 Å². The lowest BCUT2D eigenvalue weighted by molar-refractivity contribution is 0.288. The summed E-state index contributed by atoms with van der Waals surface area (Å²) in [5, 5.41) is 4.08. The van der Waals surface area contributed by atoms with Crippen LogP contribution >= 0.6 is 0 Å². The minimum atomic E-state index is 0.454. The zero-order valence-corrected chi connectivity index (χ0v) is 14.1. The molecule has 0 radical (unpaired) electrons. The Kier molecular flexibility index (Phi) is 4.79. The molecule has 0 saturated heterocycles. The molecule has 0 fully saturated rings. The van der Waals surface area contributed by atoms with E-state index in [0.717, 1.165) is 16.7 Å². The fourth-order valence-corrected chi connectivity index (χ4v) is 2.43. The van der Waals surface area contributed by atoms with Crippen molar-refractivity contribution in [2.24, 2.45) is 0 Å². The van der Waals surface area contributed by atoms with Crippen molar-refractivity contribution in [3.63, 3.8) is 0 Å². The van der Waals surface area contributed by atoms with Gasteiger partial charge in [-0.2, -0.15) is 4.98 Å². The molecule has 24 heavy (non-hydrogen) atoms. The second-order valence-electron chi connectivity index (χ2n) is 5.32. The van der Waals surface area contributed by atoms with Gasteiger partial charge >= 0.3 is 0 Å². The number of nitrogens with zero attached hydrogens (tertiary/aromatic N) is 2. The Labute approximate surface area is 141 Å². The molecule has 0 saturated carbocycles. The normalized spacial score (nSPS) is 10.6. The Hall–Kier alpha value is -2.82. The van der Waals surface area contributed by atoms with Crippen LogP contribution in [0.5, 0.6) is 11.5 Å². The molecule has 124 valence electrons. The number of aryl methyl sites for hydroxylation is 1. The van der Waals surface area contributed by atoms with Gasteiger partial charge in [0.05, 0.1) is 13.2 Å². The first kappa shape index (κ1) is 16.1. The monoisotopic (exact) mass is 324 g/mol. The summed E-state index contributed by atoms with van der Waals surface area (Å²) in [6, 6.07) is 13.6. The largest absolute Gasteiger partial charge is 0.490 e. The summed E-state index contributed by atoms with van der Waals surface area (Å²) in [6.07, 6.45) is 0. The summed E-state index contributed by atoms with van der Waals surface area (Å²) < 4.78 is 16.6. The maximum absolute atomic E-state index is 5.64. The predicted octanol–water partition coefficient (Wildman–Crippen LogP) is 4.51. The van der Waals surface area contributed by atoms with E-state index < -0.39 is 0 Å². The van der Waals surface area contributed by atoms with Crippen molar-refractivity contribution >= 4 is 0 Å². The fraction of sp³-hybridized carbons (Fsp3) is 0.263. The zero-order chi connectivity index (χ0) is 16.9. The van der Waals surface area contributed by atoms with Crippen molar-refractivity contribution < 1.29 is 14.0 Å². The van der Waals surface area contributed by atoms with Crippen LogP contribution in [0.4, 0.5) is 0 Å². The minimum Gasteiger partial charge on any atom is -0.490 e. The molecule has 0 aliphatic heterocycles. The van der Waals surface area contributed by atoms with Gasteiger partial charge in [0.2, 0.25) is 5.82 Å². The summed E-state index contributed by atoms with van der Waals surface area (Å²) >= 11 is 0. The Morgan fingerprint density at radius 2 is 1.71 bits per heavy atom. The van der Waals surface area contributed by atoms with Gasteiger partial charge in [-0.3, -0.25) is 0 Å². The van der Waals surface area contributed by atoms with Gasteiger partial charge in [-0.1, -0.05) is 28.9 Å². The van der Waals surface area contributed by atoms with Crippen LogP contribution in [0.2, 0.25) is 0 Å². The van der Waals surface area contributed by atoms with Crippen LogP contribution in [-0.4, -0.2) is 23.4 Å². The lowest BCUT2D eigenvalue weighted by Crippen LogP contribution is -1.98. The minimum absolute atomic E-state index is 0.454. The van der Waals surface area contributed by atoms with Crippen LogP contribution in [0.3, 0.4) is 0 Å². The smallest absolute Gasteiger partial charge is 0.258 e. The van der Waals surface area contributed by atoms with E-state index >= 15 is 0 Å². The molecule has 1 heterocycles. The van der Waals surface area contributed by atoms with Gasteiger partial charge in [0.15, 0.2) is 11.5 Å². The molecule has 0 N–H and O–H groups in total. The van der Waals surface area contributed by atoms with E-state index in [1.165, 1.54) is 0 Å². The number of hydrogen-bond donors (Lipinski definition) is 0. The second kappa shape index (κ2) is 7.17. The van der Waals surface area contributed by atoms with Crippen molar-refractivity contribution in [3.05, 3.63) is 48.0 Å². The second-order valence-corrected chi connectivity index (χ2v) is 5.32. The van der Waals surface area contributed by atoms with Gasteiger partial charge in [0.25, 0.3) is 5.89 Å². The fourth-order valence-electron chi connectivity index (χ4n) is 2.43. The molecule has 0 aliphatic carbocycles. The van der Waals surface area contributed by atoms with Gasteiger partial charge in [-0.15, -0.1) is 0 Å². The number of hydrogen-bond acceptors (Lipinski definition) is 5. The zero-order valence-electron chi connectivity index (χ0n) is 14.1. The van der Waals surface area contributed by atoms with Gasteiger partial charge < -0.3 is 14.0 Å². The molecule has 0 spiro atoms. The lowest BCUT2D eigenvalue weighted by atomic mass is 10.1. The molecule has 0 atom stereocenters. The molecule has 3 rings (SSSR count). The SMILES string of the molecule is CCOc1ccc(-c2nc(-c3cccc(C)c3)no2)cc1OCC. The molecule has 0 bridgehead atoms. The van der Waals surface area contributed by atoms with Gasteiger partial charge in [-0.05, 0) is 45.0 Å². The number of rotatable bonds is 6. The third-order valence-electron chi connectivity index (χ3n) is 3.49. The van der Waals surface area contributed by atoms with E-state index in [9.17, 15) is 0 Å².